The molecule has 0 unspecified atom stereocenters. The maximum Gasteiger partial charge on any atom is 0.252 e. The number of ketones is 1. The van der Waals surface area contributed by atoms with E-state index >= 15 is 0 Å². The van der Waals surface area contributed by atoms with Crippen molar-refractivity contribution in [3.8, 4) is 0 Å². The number of carbonyl (C=O) groups is 2. The summed E-state index contributed by atoms with van der Waals surface area (Å²) in [7, 11) is 0. The van der Waals surface area contributed by atoms with Crippen LogP contribution in [0.25, 0.3) is 0 Å². The molecule has 0 saturated heterocycles. The van der Waals surface area contributed by atoms with Crippen LogP contribution in [0.3, 0.4) is 0 Å². The smallest absolute Gasteiger partial charge is 0.252 e. The first-order valence-corrected chi connectivity index (χ1v) is 9.11. The Balaban J connectivity index is 1.69. The van der Waals surface area contributed by atoms with Crippen molar-refractivity contribution in [1.29, 1.82) is 0 Å². The Morgan fingerprint density at radius 1 is 0.960 bits per heavy atom. The summed E-state index contributed by atoms with van der Waals surface area (Å²) < 4.78 is 0. The Labute approximate surface area is 155 Å². The van der Waals surface area contributed by atoms with E-state index in [0.29, 0.717) is 34.0 Å². The summed E-state index contributed by atoms with van der Waals surface area (Å²) in [6.07, 6.45) is 0.674. The summed E-state index contributed by atoms with van der Waals surface area (Å²) in [5.74, 6) is -0.377. The molecule has 0 bridgehead atoms. The summed E-state index contributed by atoms with van der Waals surface area (Å²) in [5, 5.41) is 5.40. The molecule has 1 N–H and O–H groups in total. The van der Waals surface area contributed by atoms with Crippen LogP contribution in [0.2, 0.25) is 5.02 Å². The van der Waals surface area contributed by atoms with Crippen molar-refractivity contribution in [3.63, 3.8) is 0 Å². The van der Waals surface area contributed by atoms with E-state index in [2.05, 4.69) is 5.32 Å². The van der Waals surface area contributed by atoms with Gasteiger partial charge in [-0.3, -0.25) is 9.59 Å². The molecule has 2 aromatic carbocycles. The molecular formula is C20H16ClNO2S. The summed E-state index contributed by atoms with van der Waals surface area (Å²) in [5.41, 5.74) is 1.87. The molecule has 0 atom stereocenters. The topological polar surface area (TPSA) is 46.2 Å². The first kappa shape index (κ1) is 17.4. The van der Waals surface area contributed by atoms with E-state index in [-0.39, 0.29) is 11.7 Å². The second-order valence-corrected chi connectivity index (χ2v) is 6.87. The highest BCUT2D eigenvalue weighted by molar-refractivity contribution is 7.12. The second kappa shape index (κ2) is 8.10. The molecule has 25 heavy (non-hydrogen) atoms. The van der Waals surface area contributed by atoms with Crippen molar-refractivity contribution in [2.24, 2.45) is 0 Å². The fourth-order valence-corrected chi connectivity index (χ4v) is 3.42. The number of rotatable bonds is 6. The van der Waals surface area contributed by atoms with Crippen molar-refractivity contribution < 1.29 is 9.59 Å². The van der Waals surface area contributed by atoms with Gasteiger partial charge in [-0.15, -0.1) is 11.3 Å². The zero-order valence-electron chi connectivity index (χ0n) is 13.4. The summed E-state index contributed by atoms with van der Waals surface area (Å²) >= 11 is 7.33. The van der Waals surface area contributed by atoms with E-state index in [1.54, 1.807) is 30.3 Å². The van der Waals surface area contributed by atoms with Crippen LogP contribution < -0.4 is 5.32 Å². The molecule has 3 aromatic rings. The van der Waals surface area contributed by atoms with Gasteiger partial charge in [-0.25, -0.2) is 0 Å². The third kappa shape index (κ3) is 4.35. The Morgan fingerprint density at radius 2 is 1.76 bits per heavy atom. The summed E-state index contributed by atoms with van der Waals surface area (Å²) in [4.78, 5) is 25.7. The zero-order valence-corrected chi connectivity index (χ0v) is 14.9. The van der Waals surface area contributed by atoms with Gasteiger partial charge in [-0.1, -0.05) is 48.0 Å². The third-order valence-corrected chi connectivity index (χ3v) is 4.85. The maximum absolute atomic E-state index is 12.6. The monoisotopic (exact) mass is 369 g/mol. The highest BCUT2D eigenvalue weighted by atomic mass is 35.5. The SMILES string of the molecule is O=C(NCCc1cccc(Cl)c1)c1ccccc1C(=O)c1cccs1. The van der Waals surface area contributed by atoms with Crippen LogP contribution in [0, 0.1) is 0 Å². The molecule has 1 amide bonds. The largest absolute Gasteiger partial charge is 0.352 e. The highest BCUT2D eigenvalue weighted by Crippen LogP contribution is 2.18. The molecule has 3 nitrogen and oxygen atoms in total. The van der Waals surface area contributed by atoms with Crippen molar-refractivity contribution in [2.45, 2.75) is 6.42 Å². The number of hydrogen-bond donors (Lipinski definition) is 1. The van der Waals surface area contributed by atoms with Gasteiger partial charge in [0.2, 0.25) is 5.78 Å². The fourth-order valence-electron chi connectivity index (χ4n) is 2.53. The predicted molar refractivity (Wildman–Crippen MR) is 102 cm³/mol. The van der Waals surface area contributed by atoms with Gasteiger partial charge in [0.1, 0.15) is 0 Å². The van der Waals surface area contributed by atoms with Crippen LogP contribution >= 0.6 is 22.9 Å². The highest BCUT2D eigenvalue weighted by Gasteiger charge is 2.18. The molecule has 0 aliphatic heterocycles. The molecule has 0 aliphatic rings. The average molecular weight is 370 g/mol. The predicted octanol–water partition coefficient (Wildman–Crippen LogP) is 4.61. The van der Waals surface area contributed by atoms with Gasteiger partial charge in [0, 0.05) is 17.1 Å². The Bertz CT molecular complexity index is 890. The number of carbonyl (C=O) groups excluding carboxylic acids is 2. The van der Waals surface area contributed by atoms with Gasteiger partial charge in [0.05, 0.1) is 10.4 Å². The van der Waals surface area contributed by atoms with Crippen LogP contribution in [0.5, 0.6) is 0 Å². The second-order valence-electron chi connectivity index (χ2n) is 5.49. The lowest BCUT2D eigenvalue weighted by atomic mass is 10.0. The van der Waals surface area contributed by atoms with Gasteiger partial charge in [0.25, 0.3) is 5.91 Å². The van der Waals surface area contributed by atoms with E-state index in [1.807, 2.05) is 35.7 Å². The molecule has 0 radical (unpaired) electrons. The number of thiophene rings is 1. The van der Waals surface area contributed by atoms with Crippen molar-refractivity contribution in [2.75, 3.05) is 6.54 Å². The van der Waals surface area contributed by atoms with Crippen molar-refractivity contribution >= 4 is 34.6 Å². The molecule has 0 saturated carbocycles. The minimum absolute atomic E-state index is 0.129. The molecule has 0 spiro atoms. The molecular weight excluding hydrogens is 354 g/mol. The van der Waals surface area contributed by atoms with Crippen molar-refractivity contribution in [1.82, 2.24) is 5.32 Å². The molecule has 1 heterocycles. The molecule has 5 heteroatoms. The maximum atomic E-state index is 12.6. The average Bonchev–Trinajstić information content (AvgIpc) is 3.16. The third-order valence-electron chi connectivity index (χ3n) is 3.75. The quantitative estimate of drug-likeness (QED) is 0.645. The van der Waals surface area contributed by atoms with E-state index in [9.17, 15) is 9.59 Å². The normalized spacial score (nSPS) is 10.4. The van der Waals surface area contributed by atoms with E-state index < -0.39 is 0 Å². The minimum Gasteiger partial charge on any atom is -0.352 e. The molecule has 0 fully saturated rings. The first-order valence-electron chi connectivity index (χ1n) is 7.85. The number of hydrogen-bond acceptors (Lipinski definition) is 3. The minimum atomic E-state index is -0.248. The number of benzene rings is 2. The summed E-state index contributed by atoms with van der Waals surface area (Å²) in [6, 6.07) is 18.0. The van der Waals surface area contributed by atoms with E-state index in [4.69, 9.17) is 11.6 Å². The first-order chi connectivity index (χ1) is 12.1. The van der Waals surface area contributed by atoms with Crippen LogP contribution in [0.1, 0.15) is 31.2 Å². The van der Waals surface area contributed by atoms with Crippen LogP contribution in [0.4, 0.5) is 0 Å². The Kier molecular flexibility index (Phi) is 5.64. The molecule has 1 aromatic heterocycles. The summed E-state index contributed by atoms with van der Waals surface area (Å²) in [6.45, 7) is 0.473. The zero-order chi connectivity index (χ0) is 17.6. The number of nitrogens with one attached hydrogen (secondary N) is 1. The van der Waals surface area contributed by atoms with Gasteiger partial charge in [-0.05, 0) is 41.6 Å². The molecule has 3 rings (SSSR count). The Hall–Kier alpha value is -2.43. The van der Waals surface area contributed by atoms with Gasteiger partial charge >= 0.3 is 0 Å². The van der Waals surface area contributed by atoms with Crippen LogP contribution in [-0.4, -0.2) is 18.2 Å². The lowest BCUT2D eigenvalue weighted by Crippen LogP contribution is -2.27. The fraction of sp³-hybridized carbons (Fsp3) is 0.100. The van der Waals surface area contributed by atoms with E-state index in [0.717, 1.165) is 5.56 Å². The molecule has 126 valence electrons. The lowest BCUT2D eigenvalue weighted by molar-refractivity contribution is 0.0943. The van der Waals surface area contributed by atoms with Crippen LogP contribution in [-0.2, 0) is 6.42 Å². The van der Waals surface area contributed by atoms with E-state index in [1.165, 1.54) is 11.3 Å². The van der Waals surface area contributed by atoms with Crippen LogP contribution in [0.15, 0.2) is 66.0 Å². The standard InChI is InChI=1S/C20H16ClNO2S/c21-15-6-3-5-14(13-15)10-11-22-20(24)17-8-2-1-7-16(17)19(23)18-9-4-12-25-18/h1-9,12-13H,10-11H2,(H,22,24). The van der Waals surface area contributed by atoms with Gasteiger partial charge in [0.15, 0.2) is 0 Å². The number of halogens is 1. The Morgan fingerprint density at radius 3 is 2.48 bits per heavy atom. The van der Waals surface area contributed by atoms with Gasteiger partial charge < -0.3 is 5.32 Å². The van der Waals surface area contributed by atoms with Crippen molar-refractivity contribution in [3.05, 3.63) is 92.6 Å². The lowest BCUT2D eigenvalue weighted by Gasteiger charge is -2.09. The number of amides is 1. The van der Waals surface area contributed by atoms with Gasteiger partial charge in [-0.2, -0.15) is 0 Å². The molecule has 0 aliphatic carbocycles.